The van der Waals surface area contributed by atoms with Crippen molar-refractivity contribution in [3.05, 3.63) is 33.8 Å². The normalized spacial score (nSPS) is 12.4. The summed E-state index contributed by atoms with van der Waals surface area (Å²) >= 11 is 12.0. The molecule has 0 aliphatic rings. The van der Waals surface area contributed by atoms with E-state index < -0.39 is 10.1 Å². The Hall–Kier alpha value is -0.980. The van der Waals surface area contributed by atoms with E-state index in [-0.39, 0.29) is 5.84 Å². The van der Waals surface area contributed by atoms with Crippen LogP contribution in [0.1, 0.15) is 5.56 Å². The zero-order valence-electron chi connectivity index (χ0n) is 10.0. The molecule has 0 aliphatic heterocycles. The largest absolute Gasteiger partial charge is 0.359 e. The smallest absolute Gasteiger partial charge is 0.325 e. The van der Waals surface area contributed by atoms with Gasteiger partial charge in [-0.2, -0.15) is 8.42 Å². The van der Waals surface area contributed by atoms with Gasteiger partial charge in [-0.05, 0) is 17.3 Å². The summed E-state index contributed by atoms with van der Waals surface area (Å²) in [7, 11) is -0.345. The second-order valence-electron chi connectivity index (χ2n) is 3.68. The number of halogens is 2. The molecule has 18 heavy (non-hydrogen) atoms. The summed E-state index contributed by atoms with van der Waals surface area (Å²) < 4.78 is 26.3. The van der Waals surface area contributed by atoms with Crippen LogP contribution >= 0.6 is 23.2 Å². The van der Waals surface area contributed by atoms with Crippen molar-refractivity contribution in [3.8, 4) is 0 Å². The van der Waals surface area contributed by atoms with E-state index in [0.717, 1.165) is 6.26 Å². The molecule has 0 amide bonds. The number of nitrogens with zero attached hydrogens (tertiary/aromatic N) is 2. The average molecular weight is 311 g/mol. The lowest BCUT2D eigenvalue weighted by Crippen LogP contribution is -2.24. The van der Waals surface area contributed by atoms with Crippen LogP contribution in [0.25, 0.3) is 0 Å². The Morgan fingerprint density at radius 3 is 2.17 bits per heavy atom. The molecule has 1 rings (SSSR count). The second kappa shape index (κ2) is 5.77. The van der Waals surface area contributed by atoms with Crippen molar-refractivity contribution in [1.29, 1.82) is 0 Å². The van der Waals surface area contributed by atoms with Crippen molar-refractivity contribution >= 4 is 39.2 Å². The third kappa shape index (κ3) is 4.04. The lowest BCUT2D eigenvalue weighted by Gasteiger charge is -2.16. The lowest BCUT2D eigenvalue weighted by atomic mass is 10.2. The predicted octanol–water partition coefficient (Wildman–Crippen LogP) is 2.19. The molecule has 0 spiro atoms. The van der Waals surface area contributed by atoms with Crippen molar-refractivity contribution in [1.82, 2.24) is 4.90 Å². The van der Waals surface area contributed by atoms with E-state index in [1.165, 1.54) is 0 Å². The first-order valence-electron chi connectivity index (χ1n) is 4.80. The zero-order chi connectivity index (χ0) is 13.9. The van der Waals surface area contributed by atoms with Gasteiger partial charge in [0.15, 0.2) is 5.84 Å². The summed E-state index contributed by atoms with van der Waals surface area (Å²) in [4.78, 5) is 1.55. The molecule has 0 fully saturated rings. The monoisotopic (exact) mass is 310 g/mol. The van der Waals surface area contributed by atoms with Gasteiger partial charge < -0.3 is 4.90 Å². The van der Waals surface area contributed by atoms with Gasteiger partial charge in [0.1, 0.15) is 0 Å². The van der Waals surface area contributed by atoms with Gasteiger partial charge in [0, 0.05) is 14.1 Å². The molecule has 0 aromatic heterocycles. The van der Waals surface area contributed by atoms with Crippen molar-refractivity contribution in [2.24, 2.45) is 5.16 Å². The lowest BCUT2D eigenvalue weighted by molar-refractivity contribution is 0.335. The fraction of sp³-hybridized carbons (Fsp3) is 0.300. The van der Waals surface area contributed by atoms with Gasteiger partial charge in [-0.1, -0.05) is 29.3 Å². The summed E-state index contributed by atoms with van der Waals surface area (Å²) in [6, 6.07) is 4.93. The Kier molecular flexibility index (Phi) is 4.84. The Bertz CT molecular complexity index is 550. The SMILES string of the molecule is CN(C)/C(=N/OS(C)(=O)=O)c1c(Cl)cccc1Cl. The highest BCUT2D eigenvalue weighted by molar-refractivity contribution is 7.85. The minimum absolute atomic E-state index is 0.219. The Morgan fingerprint density at radius 1 is 1.28 bits per heavy atom. The van der Waals surface area contributed by atoms with Crippen LogP contribution < -0.4 is 0 Å². The molecule has 0 saturated heterocycles. The van der Waals surface area contributed by atoms with Crippen LogP contribution in [-0.2, 0) is 14.4 Å². The van der Waals surface area contributed by atoms with E-state index >= 15 is 0 Å². The van der Waals surface area contributed by atoms with Crippen LogP contribution in [0.5, 0.6) is 0 Å². The number of hydrogen-bond acceptors (Lipinski definition) is 4. The molecular weight excluding hydrogens is 299 g/mol. The fourth-order valence-corrected chi connectivity index (χ4v) is 1.94. The third-order valence-corrected chi connectivity index (χ3v) is 2.84. The van der Waals surface area contributed by atoms with Crippen molar-refractivity contribution < 1.29 is 12.7 Å². The highest BCUT2D eigenvalue weighted by Gasteiger charge is 2.16. The highest BCUT2D eigenvalue weighted by Crippen LogP contribution is 2.25. The minimum Gasteiger partial charge on any atom is -0.359 e. The molecule has 0 atom stereocenters. The number of benzene rings is 1. The standard InChI is InChI=1S/C10H12Cl2N2O3S/c1-14(2)10(13-17-18(3,15)16)9-7(11)5-4-6-8(9)12/h4-6H,1-3H3/b13-10+. The molecule has 8 heteroatoms. The molecule has 0 saturated carbocycles. The van der Waals surface area contributed by atoms with E-state index in [0.29, 0.717) is 15.6 Å². The molecule has 0 bridgehead atoms. The molecule has 0 aliphatic carbocycles. The maximum Gasteiger partial charge on any atom is 0.325 e. The van der Waals surface area contributed by atoms with Gasteiger partial charge in [-0.15, -0.1) is 0 Å². The Balaban J connectivity index is 3.30. The van der Waals surface area contributed by atoms with Crippen LogP contribution in [0.4, 0.5) is 0 Å². The zero-order valence-corrected chi connectivity index (χ0v) is 12.3. The van der Waals surface area contributed by atoms with Crippen LogP contribution in [0.15, 0.2) is 23.4 Å². The number of amidine groups is 1. The van der Waals surface area contributed by atoms with Gasteiger partial charge in [0.25, 0.3) is 0 Å². The summed E-state index contributed by atoms with van der Waals surface area (Å²) in [5.74, 6) is 0.219. The Morgan fingerprint density at radius 2 is 1.78 bits per heavy atom. The minimum atomic E-state index is -3.69. The summed E-state index contributed by atoms with van der Waals surface area (Å²) in [6.07, 6.45) is 0.901. The summed E-state index contributed by atoms with van der Waals surface area (Å²) in [6.45, 7) is 0. The molecule has 1 aromatic carbocycles. The quantitative estimate of drug-likeness (QED) is 0.488. The molecule has 5 nitrogen and oxygen atoms in total. The van der Waals surface area contributed by atoms with Gasteiger partial charge >= 0.3 is 10.1 Å². The Labute approximate surface area is 116 Å². The van der Waals surface area contributed by atoms with E-state index in [1.54, 1.807) is 37.2 Å². The number of rotatable bonds is 3. The van der Waals surface area contributed by atoms with Gasteiger partial charge in [0.2, 0.25) is 0 Å². The van der Waals surface area contributed by atoms with Crippen LogP contribution in [0.2, 0.25) is 10.0 Å². The highest BCUT2D eigenvalue weighted by atomic mass is 35.5. The van der Waals surface area contributed by atoms with Gasteiger partial charge in [-0.25, -0.2) is 0 Å². The fourth-order valence-electron chi connectivity index (χ4n) is 1.17. The van der Waals surface area contributed by atoms with Gasteiger partial charge in [-0.3, -0.25) is 4.28 Å². The predicted molar refractivity (Wildman–Crippen MR) is 72.6 cm³/mol. The van der Waals surface area contributed by atoms with Crippen LogP contribution in [0.3, 0.4) is 0 Å². The first kappa shape index (κ1) is 15.1. The third-order valence-electron chi connectivity index (χ3n) is 1.87. The molecule has 0 unspecified atom stereocenters. The summed E-state index contributed by atoms with van der Waals surface area (Å²) in [5, 5.41) is 4.28. The van der Waals surface area contributed by atoms with Crippen LogP contribution in [0, 0.1) is 0 Å². The van der Waals surface area contributed by atoms with E-state index in [1.807, 2.05) is 0 Å². The average Bonchev–Trinajstić information content (AvgIpc) is 2.20. The summed E-state index contributed by atoms with van der Waals surface area (Å²) in [5.41, 5.74) is 0.412. The molecule has 1 aromatic rings. The first-order chi connectivity index (χ1) is 8.22. The molecule has 0 N–H and O–H groups in total. The number of oxime groups is 1. The molecular formula is C10H12Cl2N2O3S. The topological polar surface area (TPSA) is 59.0 Å². The molecule has 100 valence electrons. The maximum atomic E-state index is 10.9. The van der Waals surface area contributed by atoms with Crippen molar-refractivity contribution in [2.45, 2.75) is 0 Å². The molecule has 0 radical (unpaired) electrons. The number of hydrogen-bond donors (Lipinski definition) is 0. The maximum absolute atomic E-state index is 10.9. The van der Waals surface area contributed by atoms with Crippen molar-refractivity contribution in [3.63, 3.8) is 0 Å². The molecule has 0 heterocycles. The van der Waals surface area contributed by atoms with Crippen molar-refractivity contribution in [2.75, 3.05) is 20.4 Å². The van der Waals surface area contributed by atoms with E-state index in [9.17, 15) is 8.42 Å². The van der Waals surface area contributed by atoms with E-state index in [4.69, 9.17) is 23.2 Å². The second-order valence-corrected chi connectivity index (χ2v) is 6.06. The van der Waals surface area contributed by atoms with Gasteiger partial charge in [0.05, 0.1) is 21.9 Å². The first-order valence-corrected chi connectivity index (χ1v) is 7.38. The van der Waals surface area contributed by atoms with E-state index in [2.05, 4.69) is 9.44 Å². The van der Waals surface area contributed by atoms with Crippen LogP contribution in [-0.4, -0.2) is 39.5 Å².